The molecule has 4 aromatic rings. The predicted octanol–water partition coefficient (Wildman–Crippen LogP) is 5.92. The van der Waals surface area contributed by atoms with Crippen LogP contribution in [0.2, 0.25) is 5.02 Å². The lowest BCUT2D eigenvalue weighted by Gasteiger charge is -2.36. The van der Waals surface area contributed by atoms with Gasteiger partial charge in [0.25, 0.3) is 10.0 Å². The van der Waals surface area contributed by atoms with Crippen molar-refractivity contribution in [3.05, 3.63) is 76.4 Å². The fourth-order valence-corrected chi connectivity index (χ4v) is 7.92. The van der Waals surface area contributed by atoms with E-state index in [1.807, 2.05) is 0 Å². The van der Waals surface area contributed by atoms with Crippen LogP contribution in [0.4, 0.5) is 20.4 Å². The highest BCUT2D eigenvalue weighted by Gasteiger charge is 2.30. The molecule has 9 nitrogen and oxygen atoms in total. The van der Waals surface area contributed by atoms with Gasteiger partial charge in [-0.1, -0.05) is 17.7 Å². The summed E-state index contributed by atoms with van der Waals surface area (Å²) in [5.41, 5.74) is 0.840. The van der Waals surface area contributed by atoms with E-state index in [0.29, 0.717) is 53.5 Å². The topological polar surface area (TPSA) is 117 Å². The molecule has 0 radical (unpaired) electrons. The van der Waals surface area contributed by atoms with E-state index in [2.05, 4.69) is 31.8 Å². The molecule has 0 saturated carbocycles. The number of aliphatic hydroxyl groups is 1. The van der Waals surface area contributed by atoms with Gasteiger partial charge in [0.2, 0.25) is 5.95 Å². The van der Waals surface area contributed by atoms with Crippen LogP contribution in [-0.2, 0) is 21.2 Å². The Hall–Kier alpha value is -3.42. The van der Waals surface area contributed by atoms with Crippen LogP contribution >= 0.6 is 11.6 Å². The van der Waals surface area contributed by atoms with Crippen molar-refractivity contribution in [2.75, 3.05) is 36.8 Å². The number of benzene rings is 3. The lowest BCUT2D eigenvalue weighted by Crippen LogP contribution is -2.45. The number of anilines is 2. The number of methoxy groups -OCH3 is 1. The summed E-state index contributed by atoms with van der Waals surface area (Å²) in [7, 11) is -2.61. The standard InChI is InChI=1S/C32H34ClF2N5O4S/c1-18(17-44-2)40-11-9-22(10-12-40)37-32-36-16-20-13-19(3-6-26(20)38-32)30-25(34)5-7-27(31(30)35)39-45(42,43)29-15-21(33)14-24-23(29)4-8-28(24)41/h3,5-7,13-16,18,22,28,39,41H,4,8-12,17H2,1-2H3,(H,36,37,38)/t18?,28-/m1/s1. The van der Waals surface area contributed by atoms with E-state index < -0.39 is 33.4 Å². The number of ether oxygens (including phenoxy) is 1. The van der Waals surface area contributed by atoms with Crippen molar-refractivity contribution in [1.82, 2.24) is 14.9 Å². The number of piperidine rings is 1. The maximum atomic E-state index is 15.8. The number of nitrogens with one attached hydrogen (secondary N) is 2. The first kappa shape index (κ1) is 31.6. The zero-order chi connectivity index (χ0) is 31.9. The molecule has 0 amide bonds. The average molecular weight is 658 g/mol. The van der Waals surface area contributed by atoms with Gasteiger partial charge in [-0.3, -0.25) is 9.62 Å². The number of aliphatic hydroxyl groups excluding tert-OH is 1. The number of hydrogen-bond acceptors (Lipinski definition) is 8. The summed E-state index contributed by atoms with van der Waals surface area (Å²) in [4.78, 5) is 11.3. The molecular weight excluding hydrogens is 624 g/mol. The van der Waals surface area contributed by atoms with E-state index in [4.69, 9.17) is 16.3 Å². The number of fused-ring (bicyclic) bond motifs is 2. The second-order valence-electron chi connectivity index (χ2n) is 11.6. The van der Waals surface area contributed by atoms with Crippen molar-refractivity contribution < 1.29 is 27.0 Å². The van der Waals surface area contributed by atoms with Crippen molar-refractivity contribution in [2.24, 2.45) is 0 Å². The van der Waals surface area contributed by atoms with Crippen LogP contribution in [0.3, 0.4) is 0 Å². The summed E-state index contributed by atoms with van der Waals surface area (Å²) in [6, 6.07) is 10.2. The van der Waals surface area contributed by atoms with E-state index >= 15 is 8.78 Å². The van der Waals surface area contributed by atoms with Gasteiger partial charge in [-0.05, 0) is 85.7 Å². The number of nitrogens with zero attached hydrogens (tertiary/aromatic N) is 3. The van der Waals surface area contributed by atoms with Crippen molar-refractivity contribution in [3.8, 4) is 11.1 Å². The number of sulfonamides is 1. The maximum Gasteiger partial charge on any atom is 0.262 e. The minimum atomic E-state index is -4.32. The van der Waals surface area contributed by atoms with Gasteiger partial charge in [0.1, 0.15) is 5.82 Å². The smallest absolute Gasteiger partial charge is 0.262 e. The Morgan fingerprint density at radius 1 is 1.13 bits per heavy atom. The molecule has 2 heterocycles. The first-order chi connectivity index (χ1) is 21.5. The molecule has 238 valence electrons. The Morgan fingerprint density at radius 3 is 2.67 bits per heavy atom. The predicted molar refractivity (Wildman–Crippen MR) is 170 cm³/mol. The average Bonchev–Trinajstić information content (AvgIpc) is 3.38. The summed E-state index contributed by atoms with van der Waals surface area (Å²) in [5.74, 6) is -1.44. The number of likely N-dealkylation sites (tertiary alicyclic amines) is 1. The Balaban J connectivity index is 1.22. The van der Waals surface area contributed by atoms with E-state index in [1.165, 1.54) is 12.1 Å². The molecule has 1 unspecified atom stereocenters. The lowest BCUT2D eigenvalue weighted by molar-refractivity contribution is 0.0839. The van der Waals surface area contributed by atoms with Gasteiger partial charge in [-0.2, -0.15) is 0 Å². The molecule has 1 fully saturated rings. The van der Waals surface area contributed by atoms with E-state index in [1.54, 1.807) is 31.5 Å². The van der Waals surface area contributed by atoms with Crippen LogP contribution in [0.15, 0.2) is 53.6 Å². The third-order valence-corrected chi connectivity index (χ3v) is 10.3. The molecule has 3 aromatic carbocycles. The highest BCUT2D eigenvalue weighted by molar-refractivity contribution is 7.92. The highest BCUT2D eigenvalue weighted by atomic mass is 35.5. The Kier molecular flexibility index (Phi) is 8.95. The quantitative estimate of drug-likeness (QED) is 0.203. The SMILES string of the molecule is COCC(C)N1CCC(Nc2ncc3cc(-c4c(F)ccc(NS(=O)(=O)c5cc(Cl)cc6c5CC[C@H]6O)c4F)ccc3n2)CC1. The monoisotopic (exact) mass is 657 g/mol. The van der Waals surface area contributed by atoms with E-state index in [9.17, 15) is 13.5 Å². The minimum Gasteiger partial charge on any atom is -0.388 e. The van der Waals surface area contributed by atoms with Crippen LogP contribution in [0.1, 0.15) is 43.4 Å². The first-order valence-electron chi connectivity index (χ1n) is 14.8. The number of hydrogen-bond donors (Lipinski definition) is 3. The molecule has 1 aromatic heterocycles. The van der Waals surface area contributed by atoms with E-state index in [-0.39, 0.29) is 27.1 Å². The molecule has 2 atom stereocenters. The normalized spacial score (nSPS) is 18.2. The van der Waals surface area contributed by atoms with Crippen LogP contribution < -0.4 is 10.0 Å². The Labute approximate surface area is 265 Å². The van der Waals surface area contributed by atoms with Gasteiger partial charge in [-0.15, -0.1) is 0 Å². The molecule has 2 aliphatic rings. The fourth-order valence-electron chi connectivity index (χ4n) is 6.24. The van der Waals surface area contributed by atoms with Crippen molar-refractivity contribution >= 4 is 44.2 Å². The van der Waals surface area contributed by atoms with Crippen LogP contribution in [0, 0.1) is 11.6 Å². The van der Waals surface area contributed by atoms with E-state index in [0.717, 1.165) is 38.1 Å². The zero-order valence-electron chi connectivity index (χ0n) is 24.9. The van der Waals surface area contributed by atoms with Crippen molar-refractivity contribution in [3.63, 3.8) is 0 Å². The van der Waals surface area contributed by atoms with Crippen molar-refractivity contribution in [1.29, 1.82) is 0 Å². The largest absolute Gasteiger partial charge is 0.388 e. The van der Waals surface area contributed by atoms with Crippen LogP contribution in [-0.4, -0.2) is 67.3 Å². The third kappa shape index (κ3) is 6.48. The van der Waals surface area contributed by atoms with Gasteiger partial charge in [-0.25, -0.2) is 27.2 Å². The van der Waals surface area contributed by atoms with Crippen molar-refractivity contribution in [2.45, 2.75) is 55.7 Å². The molecule has 45 heavy (non-hydrogen) atoms. The van der Waals surface area contributed by atoms with Crippen LogP contribution in [0.5, 0.6) is 0 Å². The summed E-state index contributed by atoms with van der Waals surface area (Å²) < 4.78 is 65.2. The third-order valence-electron chi connectivity index (χ3n) is 8.62. The Bertz CT molecular complexity index is 1850. The summed E-state index contributed by atoms with van der Waals surface area (Å²) in [5, 5.41) is 14.3. The molecule has 1 aliphatic heterocycles. The summed E-state index contributed by atoms with van der Waals surface area (Å²) in [6.45, 7) is 4.73. The van der Waals surface area contributed by atoms with Crippen LogP contribution in [0.25, 0.3) is 22.0 Å². The molecular formula is C32H34ClF2N5O4S. The van der Waals surface area contributed by atoms with Gasteiger partial charge < -0.3 is 15.2 Å². The maximum absolute atomic E-state index is 15.8. The second kappa shape index (κ2) is 12.8. The minimum absolute atomic E-state index is 0.130. The number of halogens is 3. The second-order valence-corrected chi connectivity index (χ2v) is 13.7. The Morgan fingerprint density at radius 2 is 1.91 bits per heavy atom. The number of aromatic nitrogens is 2. The highest BCUT2D eigenvalue weighted by Crippen LogP contribution is 2.39. The molecule has 6 rings (SSSR count). The lowest BCUT2D eigenvalue weighted by atomic mass is 10.0. The molecule has 3 N–H and O–H groups in total. The van der Waals surface area contributed by atoms with Gasteiger partial charge in [0.15, 0.2) is 5.82 Å². The zero-order valence-corrected chi connectivity index (χ0v) is 26.4. The van der Waals surface area contributed by atoms with Gasteiger partial charge >= 0.3 is 0 Å². The number of rotatable bonds is 9. The molecule has 0 spiro atoms. The molecule has 0 bridgehead atoms. The first-order valence-corrected chi connectivity index (χ1v) is 16.7. The summed E-state index contributed by atoms with van der Waals surface area (Å²) >= 11 is 6.14. The fraction of sp³-hybridized carbons (Fsp3) is 0.375. The summed E-state index contributed by atoms with van der Waals surface area (Å²) in [6.07, 6.45) is 3.32. The van der Waals surface area contributed by atoms with Gasteiger partial charge in [0, 0.05) is 48.9 Å². The van der Waals surface area contributed by atoms with Gasteiger partial charge in [0.05, 0.1) is 34.4 Å². The molecule has 1 saturated heterocycles. The molecule has 13 heteroatoms. The molecule has 1 aliphatic carbocycles.